The van der Waals surface area contributed by atoms with E-state index in [1.165, 1.54) is 12.5 Å². The fourth-order valence-corrected chi connectivity index (χ4v) is 4.37. The van der Waals surface area contributed by atoms with Crippen LogP contribution in [0.2, 0.25) is 0 Å². The summed E-state index contributed by atoms with van der Waals surface area (Å²) in [5.41, 5.74) is 2.67. The Morgan fingerprint density at radius 3 is 2.52 bits per heavy atom. The maximum atomic E-state index is 12.4. The summed E-state index contributed by atoms with van der Waals surface area (Å²) in [6.07, 6.45) is 8.70. The second-order valence-corrected chi connectivity index (χ2v) is 8.51. The molecule has 1 aliphatic carbocycles. The average molecular weight is 441 g/mol. The molecule has 0 spiro atoms. The van der Waals surface area contributed by atoms with Gasteiger partial charge in [0.05, 0.1) is 18.8 Å². The predicted octanol–water partition coefficient (Wildman–Crippen LogP) is 5.09. The maximum Gasteiger partial charge on any atom is 0.337 e. The minimum atomic E-state index is -0.609. The molecule has 0 bridgehead atoms. The molecule has 33 heavy (non-hydrogen) atoms. The summed E-state index contributed by atoms with van der Waals surface area (Å²) in [5, 5.41) is 12.9. The molecule has 0 saturated heterocycles. The van der Waals surface area contributed by atoms with Gasteiger partial charge >= 0.3 is 5.97 Å². The SMILES string of the molecule is COC(=O)c1ccc(CC[C@H]2C(=O)C=C[C@@H]2C=CC(O)Cc2ccc3ccccc3c2)cc1. The first-order valence-electron chi connectivity index (χ1n) is 11.3. The molecular weight excluding hydrogens is 412 g/mol. The van der Waals surface area contributed by atoms with Crippen LogP contribution in [0.15, 0.2) is 91.0 Å². The summed E-state index contributed by atoms with van der Waals surface area (Å²) in [7, 11) is 1.36. The molecule has 3 aromatic carbocycles. The first-order valence-corrected chi connectivity index (χ1v) is 11.3. The van der Waals surface area contributed by atoms with Gasteiger partial charge in [-0.05, 0) is 52.9 Å². The summed E-state index contributed by atoms with van der Waals surface area (Å²) in [5.74, 6) is -0.378. The van der Waals surface area contributed by atoms with Crippen molar-refractivity contribution < 1.29 is 19.4 Å². The summed E-state index contributed by atoms with van der Waals surface area (Å²) >= 11 is 0. The topological polar surface area (TPSA) is 63.6 Å². The van der Waals surface area contributed by atoms with Crippen LogP contribution in [0.3, 0.4) is 0 Å². The highest BCUT2D eigenvalue weighted by molar-refractivity contribution is 5.95. The van der Waals surface area contributed by atoms with Crippen molar-refractivity contribution in [2.24, 2.45) is 11.8 Å². The lowest BCUT2D eigenvalue weighted by Crippen LogP contribution is -2.16. The van der Waals surface area contributed by atoms with Crippen LogP contribution >= 0.6 is 0 Å². The number of aliphatic hydroxyl groups is 1. The molecule has 0 aliphatic heterocycles. The van der Waals surface area contributed by atoms with Gasteiger partial charge in [0.15, 0.2) is 5.78 Å². The monoisotopic (exact) mass is 440 g/mol. The number of rotatable bonds is 8. The van der Waals surface area contributed by atoms with Crippen LogP contribution < -0.4 is 0 Å². The van der Waals surface area contributed by atoms with E-state index in [1.807, 2.05) is 42.5 Å². The molecule has 3 aromatic rings. The molecule has 4 rings (SSSR count). The average Bonchev–Trinajstić information content (AvgIpc) is 3.20. The molecule has 0 fully saturated rings. The summed E-state index contributed by atoms with van der Waals surface area (Å²) in [6, 6.07) is 21.7. The second kappa shape index (κ2) is 10.4. The number of hydrogen-bond acceptors (Lipinski definition) is 4. The molecule has 4 heteroatoms. The minimum absolute atomic E-state index is 0.0157. The number of esters is 1. The number of methoxy groups -OCH3 is 1. The summed E-state index contributed by atoms with van der Waals surface area (Å²) in [6.45, 7) is 0. The number of ketones is 1. The molecule has 0 aromatic heterocycles. The van der Waals surface area contributed by atoms with Crippen LogP contribution in [0.25, 0.3) is 10.8 Å². The normalized spacial score (nSPS) is 18.8. The van der Waals surface area contributed by atoms with Crippen molar-refractivity contribution in [3.8, 4) is 0 Å². The number of fused-ring (bicyclic) bond motifs is 1. The lowest BCUT2D eigenvalue weighted by atomic mass is 9.88. The van der Waals surface area contributed by atoms with Crippen molar-refractivity contribution in [1.29, 1.82) is 0 Å². The first-order chi connectivity index (χ1) is 16.0. The number of carbonyl (C=O) groups excluding carboxylic acids is 2. The number of allylic oxidation sites excluding steroid dienone is 3. The fourth-order valence-electron chi connectivity index (χ4n) is 4.37. The molecular formula is C29H28O4. The van der Waals surface area contributed by atoms with E-state index in [-0.39, 0.29) is 23.6 Å². The van der Waals surface area contributed by atoms with Crippen molar-refractivity contribution in [1.82, 2.24) is 0 Å². The highest BCUT2D eigenvalue weighted by atomic mass is 16.5. The minimum Gasteiger partial charge on any atom is -0.465 e. The second-order valence-electron chi connectivity index (χ2n) is 8.51. The van der Waals surface area contributed by atoms with E-state index >= 15 is 0 Å². The Hall–Kier alpha value is -3.50. The molecule has 0 heterocycles. The van der Waals surface area contributed by atoms with Crippen LogP contribution in [0, 0.1) is 11.8 Å². The Kier molecular flexibility index (Phi) is 7.16. The van der Waals surface area contributed by atoms with Gasteiger partial charge in [-0.3, -0.25) is 4.79 Å². The van der Waals surface area contributed by atoms with E-state index in [9.17, 15) is 14.7 Å². The van der Waals surface area contributed by atoms with Crippen molar-refractivity contribution >= 4 is 22.5 Å². The van der Waals surface area contributed by atoms with Gasteiger partial charge in [-0.1, -0.05) is 72.8 Å². The van der Waals surface area contributed by atoms with Crippen LogP contribution in [-0.4, -0.2) is 30.1 Å². The van der Waals surface area contributed by atoms with Gasteiger partial charge in [0.1, 0.15) is 0 Å². The third kappa shape index (κ3) is 5.65. The Bertz CT molecular complexity index is 1190. The quantitative estimate of drug-likeness (QED) is 0.391. The maximum absolute atomic E-state index is 12.4. The van der Waals surface area contributed by atoms with Crippen LogP contribution in [0.1, 0.15) is 27.9 Å². The fraction of sp³-hybridized carbons (Fsp3) is 0.241. The molecule has 168 valence electrons. The summed E-state index contributed by atoms with van der Waals surface area (Å²) < 4.78 is 4.73. The van der Waals surface area contributed by atoms with E-state index in [0.29, 0.717) is 18.4 Å². The molecule has 3 atom stereocenters. The van der Waals surface area contributed by atoms with Crippen molar-refractivity contribution in [2.45, 2.75) is 25.4 Å². The number of benzene rings is 3. The predicted molar refractivity (Wildman–Crippen MR) is 130 cm³/mol. The number of hydrogen-bond donors (Lipinski definition) is 1. The van der Waals surface area contributed by atoms with Crippen LogP contribution in [0.5, 0.6) is 0 Å². The van der Waals surface area contributed by atoms with Gasteiger partial charge in [-0.25, -0.2) is 4.79 Å². The third-order valence-corrected chi connectivity index (χ3v) is 6.25. The van der Waals surface area contributed by atoms with Crippen molar-refractivity contribution in [2.75, 3.05) is 7.11 Å². The van der Waals surface area contributed by atoms with E-state index in [4.69, 9.17) is 4.74 Å². The Morgan fingerprint density at radius 2 is 1.76 bits per heavy atom. The standard InChI is InChI=1S/C29H28O4/c1-33-29(32)24-11-6-20(7-12-24)9-16-27-23(14-17-28(27)31)13-15-26(30)19-21-8-10-22-4-2-3-5-25(22)18-21/h2-8,10-15,17-18,23,26-27,30H,9,16,19H2,1H3/t23-,26?,27+/m0/s1. The lowest BCUT2D eigenvalue weighted by Gasteiger charge is -2.16. The Morgan fingerprint density at radius 1 is 1.03 bits per heavy atom. The van der Waals surface area contributed by atoms with Gasteiger partial charge in [0.25, 0.3) is 0 Å². The zero-order valence-electron chi connectivity index (χ0n) is 18.7. The smallest absolute Gasteiger partial charge is 0.337 e. The molecule has 0 radical (unpaired) electrons. The van der Waals surface area contributed by atoms with Gasteiger partial charge in [0, 0.05) is 18.3 Å². The van der Waals surface area contributed by atoms with Crippen molar-refractivity contribution in [3.05, 3.63) is 108 Å². The number of ether oxygens (including phenoxy) is 1. The molecule has 1 N–H and O–H groups in total. The molecule has 1 aliphatic rings. The van der Waals surface area contributed by atoms with Gasteiger partial charge in [0.2, 0.25) is 0 Å². The number of aliphatic hydroxyl groups excluding tert-OH is 1. The van der Waals surface area contributed by atoms with E-state index in [1.54, 1.807) is 24.3 Å². The van der Waals surface area contributed by atoms with Gasteiger partial charge in [-0.15, -0.1) is 0 Å². The summed E-state index contributed by atoms with van der Waals surface area (Å²) in [4.78, 5) is 24.0. The third-order valence-electron chi connectivity index (χ3n) is 6.25. The highest BCUT2D eigenvalue weighted by Gasteiger charge is 2.28. The Labute approximate surface area is 194 Å². The zero-order valence-corrected chi connectivity index (χ0v) is 18.7. The van der Waals surface area contributed by atoms with E-state index in [2.05, 4.69) is 24.3 Å². The zero-order chi connectivity index (χ0) is 23.2. The largest absolute Gasteiger partial charge is 0.465 e. The Balaban J connectivity index is 1.34. The molecule has 0 amide bonds. The van der Waals surface area contributed by atoms with Gasteiger partial charge in [-0.2, -0.15) is 0 Å². The first kappa shape index (κ1) is 22.7. The van der Waals surface area contributed by atoms with E-state index in [0.717, 1.165) is 22.9 Å². The van der Waals surface area contributed by atoms with Crippen LogP contribution in [-0.2, 0) is 22.4 Å². The van der Waals surface area contributed by atoms with Crippen LogP contribution in [0.4, 0.5) is 0 Å². The van der Waals surface area contributed by atoms with Crippen molar-refractivity contribution in [3.63, 3.8) is 0 Å². The van der Waals surface area contributed by atoms with E-state index < -0.39 is 6.10 Å². The lowest BCUT2D eigenvalue weighted by molar-refractivity contribution is -0.118. The highest BCUT2D eigenvalue weighted by Crippen LogP contribution is 2.28. The molecule has 0 saturated carbocycles. The van der Waals surface area contributed by atoms with Gasteiger partial charge < -0.3 is 9.84 Å². The molecule has 4 nitrogen and oxygen atoms in total. The number of aryl methyl sites for hydroxylation is 1. The molecule has 1 unspecified atom stereocenters. The number of carbonyl (C=O) groups is 2.